The lowest BCUT2D eigenvalue weighted by molar-refractivity contribution is -0.143. The largest absolute Gasteiger partial charge is 0.481 e. The van der Waals surface area contributed by atoms with Gasteiger partial charge in [-0.25, -0.2) is 4.79 Å². The van der Waals surface area contributed by atoms with Crippen molar-refractivity contribution in [1.82, 2.24) is 16.0 Å². The fourth-order valence-electron chi connectivity index (χ4n) is 2.88. The molecule has 0 aliphatic rings. The Morgan fingerprint density at radius 3 is 1.79 bits per heavy atom. The molecule has 0 spiro atoms. The zero-order chi connectivity index (χ0) is 26.4. The number of nitrogens with two attached hydrogens (primary N) is 2. The Hall–Kier alpha value is -2.87. The second-order valence-electron chi connectivity index (χ2n) is 8.14. The van der Waals surface area contributed by atoms with Crippen LogP contribution in [-0.2, 0) is 28.8 Å². The molecule has 0 aromatic rings. The lowest BCUT2D eigenvalue weighted by atomic mass is 10.0. The van der Waals surface area contributed by atoms with Crippen molar-refractivity contribution < 1.29 is 39.0 Å². The smallest absolute Gasteiger partial charge is 0.326 e. The third-order valence-electron chi connectivity index (χ3n) is 4.61. The Morgan fingerprint density at radius 1 is 0.853 bits per heavy atom. The number of amides is 4. The average Bonchev–Trinajstić information content (AvgIpc) is 2.71. The molecule has 0 aliphatic carbocycles. The quantitative estimate of drug-likeness (QED) is 0.119. The molecule has 13 nitrogen and oxygen atoms in total. The summed E-state index contributed by atoms with van der Waals surface area (Å²) in [4.78, 5) is 71.4. The first kappa shape index (κ1) is 31.1. The van der Waals surface area contributed by atoms with E-state index in [1.165, 1.54) is 11.8 Å². The third kappa shape index (κ3) is 13.0. The van der Waals surface area contributed by atoms with Gasteiger partial charge in [0, 0.05) is 6.42 Å². The van der Waals surface area contributed by atoms with E-state index in [0.717, 1.165) is 0 Å². The van der Waals surface area contributed by atoms with Gasteiger partial charge in [-0.15, -0.1) is 0 Å². The average molecular weight is 506 g/mol. The number of carboxylic acids is 2. The predicted molar refractivity (Wildman–Crippen MR) is 125 cm³/mol. The molecule has 9 N–H and O–H groups in total. The maximum atomic E-state index is 12.9. The second kappa shape index (κ2) is 15.9. The van der Waals surface area contributed by atoms with Crippen molar-refractivity contribution in [3.63, 3.8) is 0 Å². The lowest BCUT2D eigenvalue weighted by Crippen LogP contribution is -2.57. The normalized spacial score (nSPS) is 14.4. The van der Waals surface area contributed by atoms with Gasteiger partial charge in [-0.3, -0.25) is 24.0 Å². The van der Waals surface area contributed by atoms with E-state index in [1.807, 2.05) is 13.8 Å². The molecule has 4 amide bonds. The van der Waals surface area contributed by atoms with Crippen molar-refractivity contribution in [1.29, 1.82) is 0 Å². The highest BCUT2D eigenvalue weighted by molar-refractivity contribution is 7.98. The Labute approximate surface area is 202 Å². The van der Waals surface area contributed by atoms with Gasteiger partial charge in [-0.1, -0.05) is 13.8 Å². The minimum atomic E-state index is -1.59. The first-order valence-electron chi connectivity index (χ1n) is 10.7. The molecule has 0 saturated heterocycles. The molecule has 14 heteroatoms. The molecule has 194 valence electrons. The number of hydrogen-bond donors (Lipinski definition) is 7. The van der Waals surface area contributed by atoms with Gasteiger partial charge >= 0.3 is 11.9 Å². The highest BCUT2D eigenvalue weighted by atomic mass is 32.2. The number of hydrogen-bond acceptors (Lipinski definition) is 8. The van der Waals surface area contributed by atoms with E-state index in [1.54, 1.807) is 6.26 Å². The van der Waals surface area contributed by atoms with E-state index in [2.05, 4.69) is 16.0 Å². The van der Waals surface area contributed by atoms with Crippen molar-refractivity contribution in [2.45, 2.75) is 70.1 Å². The molecule has 0 fully saturated rings. The van der Waals surface area contributed by atoms with Gasteiger partial charge in [0.2, 0.25) is 23.6 Å². The maximum absolute atomic E-state index is 12.9. The fraction of sp³-hybridized carbons (Fsp3) is 0.700. The summed E-state index contributed by atoms with van der Waals surface area (Å²) in [5, 5.41) is 25.2. The molecule has 0 heterocycles. The van der Waals surface area contributed by atoms with Crippen LogP contribution < -0.4 is 27.4 Å². The number of carbonyl (C=O) groups excluding carboxylic acids is 4. The van der Waals surface area contributed by atoms with Crippen molar-refractivity contribution >= 4 is 47.3 Å². The number of nitrogens with one attached hydrogen (secondary N) is 3. The Balaban J connectivity index is 5.53. The minimum absolute atomic E-state index is 0.105. The number of thioether (sulfide) groups is 1. The van der Waals surface area contributed by atoms with Crippen LogP contribution in [0.25, 0.3) is 0 Å². The van der Waals surface area contributed by atoms with Crippen LogP contribution in [0.2, 0.25) is 0 Å². The monoisotopic (exact) mass is 505 g/mol. The van der Waals surface area contributed by atoms with Crippen LogP contribution in [0.1, 0.15) is 46.0 Å². The summed E-state index contributed by atoms with van der Waals surface area (Å²) in [5.41, 5.74) is 10.9. The van der Waals surface area contributed by atoms with Gasteiger partial charge in [0.25, 0.3) is 0 Å². The molecule has 0 aliphatic heterocycles. The highest BCUT2D eigenvalue weighted by Crippen LogP contribution is 2.07. The van der Waals surface area contributed by atoms with Gasteiger partial charge in [0.05, 0.1) is 12.5 Å². The van der Waals surface area contributed by atoms with E-state index < -0.39 is 72.6 Å². The summed E-state index contributed by atoms with van der Waals surface area (Å²) in [6.45, 7) is 3.72. The Kier molecular flexibility index (Phi) is 14.5. The summed E-state index contributed by atoms with van der Waals surface area (Å²) in [5.74, 6) is -5.42. The minimum Gasteiger partial charge on any atom is -0.481 e. The van der Waals surface area contributed by atoms with Crippen molar-refractivity contribution in [2.75, 3.05) is 12.0 Å². The number of carbonyl (C=O) groups is 6. The van der Waals surface area contributed by atoms with Crippen LogP contribution in [0.5, 0.6) is 0 Å². The molecule has 0 aromatic carbocycles. The van der Waals surface area contributed by atoms with E-state index in [4.69, 9.17) is 16.6 Å². The van der Waals surface area contributed by atoms with Crippen LogP contribution in [0, 0.1) is 5.92 Å². The number of aliphatic carboxylic acids is 2. The topological polar surface area (TPSA) is 231 Å². The van der Waals surface area contributed by atoms with Crippen LogP contribution >= 0.6 is 11.8 Å². The molecule has 0 aromatic heterocycles. The molecule has 0 bridgehead atoms. The van der Waals surface area contributed by atoms with Crippen LogP contribution in [-0.4, -0.2) is 82.0 Å². The van der Waals surface area contributed by atoms with E-state index in [9.17, 15) is 33.9 Å². The number of carboxylic acid groups (broad SMARTS) is 2. The maximum Gasteiger partial charge on any atom is 0.326 e. The van der Waals surface area contributed by atoms with Crippen LogP contribution in [0.4, 0.5) is 0 Å². The summed E-state index contributed by atoms with van der Waals surface area (Å²) >= 11 is 1.37. The number of rotatable bonds is 17. The second-order valence-corrected chi connectivity index (χ2v) is 9.13. The molecule has 4 unspecified atom stereocenters. The van der Waals surface area contributed by atoms with Crippen LogP contribution in [0.15, 0.2) is 0 Å². The van der Waals surface area contributed by atoms with Crippen molar-refractivity contribution in [3.05, 3.63) is 0 Å². The molecular weight excluding hydrogens is 470 g/mol. The van der Waals surface area contributed by atoms with Gasteiger partial charge in [-0.05, 0) is 37.2 Å². The molecule has 0 rings (SSSR count). The number of primary amides is 1. The SMILES string of the molecule is CSCCC(NC(=O)C(CCC(=O)O)NC(=O)C(N)CC(C)C)C(=O)NC(CC(N)=O)C(=O)O. The van der Waals surface area contributed by atoms with E-state index >= 15 is 0 Å². The van der Waals surface area contributed by atoms with Gasteiger partial charge in [-0.2, -0.15) is 11.8 Å². The zero-order valence-electron chi connectivity index (χ0n) is 19.5. The van der Waals surface area contributed by atoms with Crippen molar-refractivity contribution in [3.8, 4) is 0 Å². The Morgan fingerprint density at radius 2 is 1.35 bits per heavy atom. The van der Waals surface area contributed by atoms with Gasteiger partial charge in [0.1, 0.15) is 18.1 Å². The van der Waals surface area contributed by atoms with Crippen molar-refractivity contribution in [2.24, 2.45) is 17.4 Å². The first-order valence-corrected chi connectivity index (χ1v) is 12.1. The van der Waals surface area contributed by atoms with Gasteiger partial charge in [0.15, 0.2) is 0 Å². The highest BCUT2D eigenvalue weighted by Gasteiger charge is 2.31. The summed E-state index contributed by atoms with van der Waals surface area (Å²) in [7, 11) is 0. The summed E-state index contributed by atoms with van der Waals surface area (Å²) < 4.78 is 0. The van der Waals surface area contributed by atoms with E-state index in [-0.39, 0.29) is 18.8 Å². The summed E-state index contributed by atoms with van der Waals surface area (Å²) in [6.07, 6.45) is 0.879. The molecule has 0 radical (unpaired) electrons. The molecule has 0 saturated carbocycles. The zero-order valence-corrected chi connectivity index (χ0v) is 20.4. The molecule has 4 atom stereocenters. The lowest BCUT2D eigenvalue weighted by Gasteiger charge is -2.25. The van der Waals surface area contributed by atoms with Crippen LogP contribution in [0.3, 0.4) is 0 Å². The molecular formula is C20H35N5O8S. The van der Waals surface area contributed by atoms with E-state index in [0.29, 0.717) is 12.2 Å². The molecule has 34 heavy (non-hydrogen) atoms. The predicted octanol–water partition coefficient (Wildman–Crippen LogP) is -1.61. The summed E-state index contributed by atoms with van der Waals surface area (Å²) in [6, 6.07) is -4.99. The Bertz CT molecular complexity index is 748. The van der Waals surface area contributed by atoms with Gasteiger partial charge < -0.3 is 37.6 Å². The first-order chi connectivity index (χ1) is 15.8. The fourth-order valence-corrected chi connectivity index (χ4v) is 3.35. The standard InChI is InChI=1S/C20H35N5O8S/c1-10(2)8-11(21)17(29)23-12(4-5-16(27)28)18(30)24-13(6-7-34-3)19(31)25-14(20(32)33)9-15(22)26/h10-14H,4-9,21H2,1-3H3,(H2,22,26)(H,23,29)(H,24,30)(H,25,31)(H,27,28)(H,32,33). The third-order valence-corrected chi connectivity index (χ3v) is 5.25.